The topological polar surface area (TPSA) is 145 Å². The minimum atomic E-state index is -0.361. The second kappa shape index (κ2) is 11.6. The van der Waals surface area contributed by atoms with Crippen LogP contribution in [0.15, 0.2) is 34.1 Å². The first-order valence-corrected chi connectivity index (χ1v) is 13.4. The largest absolute Gasteiger partial charge is 0.398 e. The molecule has 7 nitrogen and oxygen atoms in total. The minimum absolute atomic E-state index is 0.125. The number of amides is 2. The summed E-state index contributed by atoms with van der Waals surface area (Å²) in [4.78, 5) is 14.8. The number of urea groups is 1. The first-order valence-electron chi connectivity index (χ1n) is 11.4. The van der Waals surface area contributed by atoms with Crippen molar-refractivity contribution in [2.45, 2.75) is 62.2 Å². The number of nitrogen functional groups attached to an aromatic ring is 2. The lowest BCUT2D eigenvalue weighted by atomic mass is 9.86. The number of nitrogens with one attached hydrogen (secondary N) is 2. The maximum absolute atomic E-state index is 13.2. The lowest BCUT2D eigenvalue weighted by molar-refractivity contribution is 0.262. The van der Waals surface area contributed by atoms with E-state index in [1.54, 1.807) is 0 Å². The van der Waals surface area contributed by atoms with Crippen LogP contribution in [0.2, 0.25) is 0 Å². The number of hydrogen-bond donors (Lipinski definition) is 6. The molecule has 0 fully saturated rings. The summed E-state index contributed by atoms with van der Waals surface area (Å²) in [5.41, 5.74) is 28.6. The van der Waals surface area contributed by atoms with E-state index >= 15 is 0 Å². The van der Waals surface area contributed by atoms with E-state index in [4.69, 9.17) is 22.9 Å². The fourth-order valence-electron chi connectivity index (χ4n) is 3.27. The zero-order valence-electron chi connectivity index (χ0n) is 21.2. The van der Waals surface area contributed by atoms with Crippen molar-refractivity contribution >= 4 is 52.3 Å². The van der Waals surface area contributed by atoms with Crippen molar-refractivity contribution < 1.29 is 4.79 Å². The first-order chi connectivity index (χ1) is 15.8. The van der Waals surface area contributed by atoms with E-state index in [9.17, 15) is 4.79 Å². The van der Waals surface area contributed by atoms with Crippen LogP contribution in [0.4, 0.5) is 27.5 Å². The summed E-state index contributed by atoms with van der Waals surface area (Å²) in [6.45, 7) is 13.7. The van der Waals surface area contributed by atoms with Gasteiger partial charge >= 0.3 is 6.03 Å². The van der Waals surface area contributed by atoms with Gasteiger partial charge in [0, 0.05) is 36.0 Å². The molecule has 0 radical (unpaired) electrons. The van der Waals surface area contributed by atoms with E-state index in [-0.39, 0.29) is 16.9 Å². The average molecular weight is 505 g/mol. The van der Waals surface area contributed by atoms with Crippen molar-refractivity contribution in [3.63, 3.8) is 0 Å². The Labute approximate surface area is 212 Å². The van der Waals surface area contributed by atoms with Gasteiger partial charge in [0.1, 0.15) is 0 Å². The molecule has 0 saturated carbocycles. The van der Waals surface area contributed by atoms with Crippen LogP contribution in [0.3, 0.4) is 0 Å². The Balaban J connectivity index is 2.44. The molecule has 0 heterocycles. The van der Waals surface area contributed by atoms with E-state index in [0.717, 1.165) is 20.9 Å². The van der Waals surface area contributed by atoms with Crippen LogP contribution >= 0.6 is 23.5 Å². The lowest BCUT2D eigenvalue weighted by Gasteiger charge is -2.24. The molecule has 0 bridgehead atoms. The van der Waals surface area contributed by atoms with Crippen molar-refractivity contribution in [1.29, 1.82) is 0 Å². The van der Waals surface area contributed by atoms with Gasteiger partial charge in [-0.05, 0) is 46.2 Å². The monoisotopic (exact) mass is 504 g/mol. The standard InChI is InChI=1S/C25H40N6OS2/c1-24(2,3)15-11-17(28)21(33-9-7-26)19(13-15)30-23(32)31-20-14-16(25(4,5)6)12-18(29)22(20)34-10-8-27/h11-14H,7-10,26-29H2,1-6H3,(H2,30,31,32). The number of benzene rings is 2. The van der Waals surface area contributed by atoms with Gasteiger partial charge in [0.05, 0.1) is 21.2 Å². The van der Waals surface area contributed by atoms with Crippen LogP contribution in [-0.2, 0) is 10.8 Å². The van der Waals surface area contributed by atoms with Gasteiger partial charge in [0.2, 0.25) is 0 Å². The van der Waals surface area contributed by atoms with Crippen LogP contribution in [0.1, 0.15) is 52.7 Å². The summed E-state index contributed by atoms with van der Waals surface area (Å²) >= 11 is 3.07. The van der Waals surface area contributed by atoms with Gasteiger partial charge in [0.25, 0.3) is 0 Å². The maximum atomic E-state index is 13.2. The number of thioether (sulfide) groups is 2. The molecule has 2 aromatic carbocycles. The summed E-state index contributed by atoms with van der Waals surface area (Å²) in [6, 6.07) is 7.55. The second-order valence-electron chi connectivity index (χ2n) is 10.2. The number of anilines is 4. The van der Waals surface area contributed by atoms with Crippen LogP contribution < -0.4 is 33.6 Å². The Morgan fingerprint density at radius 3 is 1.38 bits per heavy atom. The summed E-state index contributed by atoms with van der Waals surface area (Å²) in [7, 11) is 0. The molecule has 0 saturated heterocycles. The molecule has 10 N–H and O–H groups in total. The van der Waals surface area contributed by atoms with Crippen molar-refractivity contribution in [3.8, 4) is 0 Å². The molecule has 0 aliphatic rings. The third-order valence-corrected chi connectivity index (χ3v) is 7.56. The van der Waals surface area contributed by atoms with Crippen LogP contribution in [0, 0.1) is 0 Å². The summed E-state index contributed by atoms with van der Waals surface area (Å²) < 4.78 is 0. The lowest BCUT2D eigenvalue weighted by Crippen LogP contribution is -2.23. The van der Waals surface area contributed by atoms with E-state index in [2.05, 4.69) is 52.2 Å². The Kier molecular flexibility index (Phi) is 9.59. The molecule has 9 heteroatoms. The van der Waals surface area contributed by atoms with Crippen LogP contribution in [-0.4, -0.2) is 30.6 Å². The number of rotatable bonds is 8. The fourth-order valence-corrected chi connectivity index (χ4v) is 4.90. The quantitative estimate of drug-likeness (QED) is 0.214. The van der Waals surface area contributed by atoms with Gasteiger partial charge in [-0.15, -0.1) is 23.5 Å². The molecule has 0 aliphatic carbocycles. The van der Waals surface area contributed by atoms with Gasteiger partial charge in [-0.25, -0.2) is 4.79 Å². The minimum Gasteiger partial charge on any atom is -0.398 e. The first kappa shape index (κ1) is 28.2. The molecule has 0 unspecified atom stereocenters. The Hall–Kier alpha value is -2.07. The average Bonchev–Trinajstić information content (AvgIpc) is 2.71. The zero-order chi connectivity index (χ0) is 25.7. The highest BCUT2D eigenvalue weighted by Gasteiger charge is 2.22. The predicted molar refractivity (Wildman–Crippen MR) is 151 cm³/mol. The number of nitrogens with two attached hydrogens (primary N) is 4. The number of carbonyl (C=O) groups excluding carboxylic acids is 1. The Bertz CT molecular complexity index is 932. The van der Waals surface area contributed by atoms with Gasteiger partial charge in [0.15, 0.2) is 0 Å². The molecule has 0 aromatic heterocycles. The highest BCUT2D eigenvalue weighted by atomic mass is 32.2. The van der Waals surface area contributed by atoms with E-state index in [1.165, 1.54) is 23.5 Å². The van der Waals surface area contributed by atoms with E-state index in [0.29, 0.717) is 47.3 Å². The van der Waals surface area contributed by atoms with E-state index < -0.39 is 0 Å². The molecule has 0 atom stereocenters. The molecule has 0 spiro atoms. The number of hydrogen-bond acceptors (Lipinski definition) is 7. The smallest absolute Gasteiger partial charge is 0.323 e. The molecule has 2 amide bonds. The second-order valence-corrected chi connectivity index (χ2v) is 12.4. The van der Waals surface area contributed by atoms with Crippen molar-refractivity contribution in [1.82, 2.24) is 0 Å². The van der Waals surface area contributed by atoms with Crippen LogP contribution in [0.5, 0.6) is 0 Å². The SMILES string of the molecule is CC(C)(C)c1cc(N)c(SCCN)c(NC(=O)Nc2cc(C(C)(C)C)cc(N)c2SCCN)c1. The van der Waals surface area contributed by atoms with Gasteiger partial charge in [-0.1, -0.05) is 41.5 Å². The third kappa shape index (κ3) is 7.46. The zero-order valence-corrected chi connectivity index (χ0v) is 22.8. The Morgan fingerprint density at radius 2 is 1.09 bits per heavy atom. The molecule has 2 rings (SSSR count). The molecule has 188 valence electrons. The third-order valence-electron chi connectivity index (χ3n) is 5.19. The fraction of sp³-hybridized carbons (Fsp3) is 0.480. The molecule has 34 heavy (non-hydrogen) atoms. The van der Waals surface area contributed by atoms with Crippen LogP contribution in [0.25, 0.3) is 0 Å². The highest BCUT2D eigenvalue weighted by molar-refractivity contribution is 7.99. The van der Waals surface area contributed by atoms with Gasteiger partial charge in [-0.2, -0.15) is 0 Å². The summed E-state index contributed by atoms with van der Waals surface area (Å²) in [5, 5.41) is 6.03. The number of carbonyl (C=O) groups is 1. The van der Waals surface area contributed by atoms with Gasteiger partial charge in [-0.3, -0.25) is 0 Å². The molecular formula is C25H40N6OS2. The Morgan fingerprint density at radius 1 is 0.735 bits per heavy atom. The maximum Gasteiger partial charge on any atom is 0.323 e. The normalized spacial score (nSPS) is 12.0. The molecular weight excluding hydrogens is 464 g/mol. The van der Waals surface area contributed by atoms with Gasteiger partial charge < -0.3 is 33.6 Å². The van der Waals surface area contributed by atoms with Crippen molar-refractivity contribution in [2.24, 2.45) is 11.5 Å². The molecule has 0 aliphatic heterocycles. The van der Waals surface area contributed by atoms with Crippen molar-refractivity contribution in [3.05, 3.63) is 35.4 Å². The molecule has 2 aromatic rings. The highest BCUT2D eigenvalue weighted by Crippen LogP contribution is 2.39. The predicted octanol–water partition coefficient (Wildman–Crippen LogP) is 5.19. The summed E-state index contributed by atoms with van der Waals surface area (Å²) in [5.74, 6) is 1.39. The summed E-state index contributed by atoms with van der Waals surface area (Å²) in [6.07, 6.45) is 0. The van der Waals surface area contributed by atoms with E-state index in [1.807, 2.05) is 24.3 Å². The van der Waals surface area contributed by atoms with Crippen molar-refractivity contribution in [2.75, 3.05) is 46.7 Å².